The maximum absolute atomic E-state index is 12.6. The van der Waals surface area contributed by atoms with Crippen molar-refractivity contribution in [2.45, 2.75) is 6.54 Å². The Hall–Kier alpha value is -1.68. The van der Waals surface area contributed by atoms with Crippen molar-refractivity contribution >= 4 is 17.4 Å². The number of benzene rings is 2. The predicted molar refractivity (Wildman–Crippen MR) is 87.4 cm³/mol. The molecule has 1 aliphatic rings. The fourth-order valence-electron chi connectivity index (χ4n) is 2.63. The van der Waals surface area contributed by atoms with Gasteiger partial charge in [0.05, 0.1) is 18.2 Å². The molecule has 0 bridgehead atoms. The average Bonchev–Trinajstić information content (AvgIpc) is 2.56. The van der Waals surface area contributed by atoms with E-state index in [4.69, 9.17) is 16.3 Å². The van der Waals surface area contributed by atoms with E-state index in [-0.39, 0.29) is 5.78 Å². The highest BCUT2D eigenvalue weighted by atomic mass is 35.5. The van der Waals surface area contributed by atoms with E-state index in [1.54, 1.807) is 12.1 Å². The summed E-state index contributed by atoms with van der Waals surface area (Å²) in [6.07, 6.45) is 0. The van der Waals surface area contributed by atoms with Crippen LogP contribution in [0.3, 0.4) is 0 Å². The van der Waals surface area contributed by atoms with Crippen LogP contribution in [0.5, 0.6) is 0 Å². The molecule has 2 aromatic carbocycles. The van der Waals surface area contributed by atoms with Crippen molar-refractivity contribution in [3.8, 4) is 0 Å². The van der Waals surface area contributed by atoms with Crippen LogP contribution in [-0.2, 0) is 11.3 Å². The Morgan fingerprint density at radius 1 is 1.09 bits per heavy atom. The van der Waals surface area contributed by atoms with Gasteiger partial charge in [-0.1, -0.05) is 41.9 Å². The summed E-state index contributed by atoms with van der Waals surface area (Å²) in [4.78, 5) is 14.9. The number of halogens is 1. The number of ketones is 1. The summed E-state index contributed by atoms with van der Waals surface area (Å²) < 4.78 is 5.36. The molecule has 114 valence electrons. The lowest BCUT2D eigenvalue weighted by atomic mass is 10.0. The Morgan fingerprint density at radius 2 is 1.86 bits per heavy atom. The van der Waals surface area contributed by atoms with E-state index in [1.165, 1.54) is 0 Å². The van der Waals surface area contributed by atoms with Crippen molar-refractivity contribution < 1.29 is 9.53 Å². The molecule has 0 atom stereocenters. The van der Waals surface area contributed by atoms with Crippen LogP contribution in [-0.4, -0.2) is 37.0 Å². The number of hydrogen-bond acceptors (Lipinski definition) is 3. The zero-order chi connectivity index (χ0) is 15.4. The second-order valence-corrected chi connectivity index (χ2v) is 5.81. The molecule has 0 aliphatic carbocycles. The predicted octanol–water partition coefficient (Wildman–Crippen LogP) is 3.40. The molecule has 0 amide bonds. The first-order valence-electron chi connectivity index (χ1n) is 7.42. The number of carbonyl (C=O) groups excluding carboxylic acids is 1. The molecule has 3 nitrogen and oxygen atoms in total. The number of ether oxygens (including phenoxy) is 1. The van der Waals surface area contributed by atoms with Crippen LogP contribution in [0.15, 0.2) is 48.5 Å². The van der Waals surface area contributed by atoms with Gasteiger partial charge in [0.2, 0.25) is 0 Å². The fourth-order valence-corrected chi connectivity index (χ4v) is 2.85. The molecule has 0 radical (unpaired) electrons. The Morgan fingerprint density at radius 3 is 2.64 bits per heavy atom. The molecule has 0 aromatic heterocycles. The van der Waals surface area contributed by atoms with Gasteiger partial charge in [0, 0.05) is 30.8 Å². The van der Waals surface area contributed by atoms with Crippen LogP contribution < -0.4 is 0 Å². The molecule has 2 aromatic rings. The van der Waals surface area contributed by atoms with Gasteiger partial charge in [-0.05, 0) is 23.8 Å². The molecule has 4 heteroatoms. The molecule has 22 heavy (non-hydrogen) atoms. The lowest BCUT2D eigenvalue weighted by molar-refractivity contribution is 0.0342. The topological polar surface area (TPSA) is 29.5 Å². The molecule has 1 aliphatic heterocycles. The lowest BCUT2D eigenvalue weighted by Crippen LogP contribution is -2.35. The van der Waals surface area contributed by atoms with E-state index in [0.29, 0.717) is 16.1 Å². The molecule has 1 heterocycles. The molecule has 1 fully saturated rings. The minimum absolute atomic E-state index is 0.0329. The Labute approximate surface area is 135 Å². The van der Waals surface area contributed by atoms with Crippen molar-refractivity contribution in [3.05, 3.63) is 70.2 Å². The SMILES string of the molecule is O=C(c1cccc(CN2CCOCC2)c1)c1ccccc1Cl. The zero-order valence-electron chi connectivity index (χ0n) is 12.3. The van der Waals surface area contributed by atoms with E-state index in [1.807, 2.05) is 30.3 Å². The summed E-state index contributed by atoms with van der Waals surface area (Å²) >= 11 is 6.12. The summed E-state index contributed by atoms with van der Waals surface area (Å²) in [7, 11) is 0. The Balaban J connectivity index is 1.78. The third kappa shape index (κ3) is 3.55. The molecule has 0 spiro atoms. The van der Waals surface area contributed by atoms with Gasteiger partial charge in [-0.3, -0.25) is 9.69 Å². The van der Waals surface area contributed by atoms with Gasteiger partial charge in [0.1, 0.15) is 0 Å². The van der Waals surface area contributed by atoms with Crippen LogP contribution in [0.2, 0.25) is 5.02 Å². The standard InChI is InChI=1S/C18H18ClNO2/c19-17-7-2-1-6-16(17)18(21)15-5-3-4-14(12-15)13-20-8-10-22-11-9-20/h1-7,12H,8-11,13H2. The smallest absolute Gasteiger partial charge is 0.194 e. The second-order valence-electron chi connectivity index (χ2n) is 5.40. The molecule has 3 rings (SSSR count). The maximum atomic E-state index is 12.6. The van der Waals surface area contributed by atoms with Crippen molar-refractivity contribution in [1.29, 1.82) is 0 Å². The Kier molecular flexibility index (Phi) is 4.88. The van der Waals surface area contributed by atoms with Gasteiger partial charge in [-0.25, -0.2) is 0 Å². The lowest BCUT2D eigenvalue weighted by Gasteiger charge is -2.26. The summed E-state index contributed by atoms with van der Waals surface area (Å²) in [5, 5.41) is 0.492. The van der Waals surface area contributed by atoms with Gasteiger partial charge in [-0.15, -0.1) is 0 Å². The first kappa shape index (κ1) is 15.2. The quantitative estimate of drug-likeness (QED) is 0.810. The Bertz CT molecular complexity index is 666. The third-order valence-electron chi connectivity index (χ3n) is 3.82. The molecular weight excluding hydrogens is 298 g/mol. The van der Waals surface area contributed by atoms with Gasteiger partial charge < -0.3 is 4.74 Å². The highest BCUT2D eigenvalue weighted by Gasteiger charge is 2.14. The van der Waals surface area contributed by atoms with E-state index < -0.39 is 0 Å². The number of hydrogen-bond donors (Lipinski definition) is 0. The van der Waals surface area contributed by atoms with Crippen LogP contribution in [0.1, 0.15) is 21.5 Å². The summed E-state index contributed by atoms with van der Waals surface area (Å²) in [6.45, 7) is 4.26. The minimum Gasteiger partial charge on any atom is -0.379 e. The van der Waals surface area contributed by atoms with E-state index in [2.05, 4.69) is 11.0 Å². The highest BCUT2D eigenvalue weighted by Crippen LogP contribution is 2.20. The highest BCUT2D eigenvalue weighted by molar-refractivity contribution is 6.34. The summed E-state index contributed by atoms with van der Waals surface area (Å²) in [5.74, 6) is -0.0329. The number of morpholine rings is 1. The van der Waals surface area contributed by atoms with Crippen LogP contribution in [0.25, 0.3) is 0 Å². The first-order valence-corrected chi connectivity index (χ1v) is 7.80. The monoisotopic (exact) mass is 315 g/mol. The third-order valence-corrected chi connectivity index (χ3v) is 4.15. The second kappa shape index (κ2) is 7.05. The number of carbonyl (C=O) groups is 1. The number of nitrogens with zero attached hydrogens (tertiary/aromatic N) is 1. The molecule has 0 N–H and O–H groups in total. The molecule has 1 saturated heterocycles. The van der Waals surface area contributed by atoms with Gasteiger partial charge in [-0.2, -0.15) is 0 Å². The summed E-state index contributed by atoms with van der Waals surface area (Å²) in [5.41, 5.74) is 2.37. The zero-order valence-corrected chi connectivity index (χ0v) is 13.1. The van der Waals surface area contributed by atoms with Crippen LogP contribution >= 0.6 is 11.6 Å². The van der Waals surface area contributed by atoms with E-state index >= 15 is 0 Å². The average molecular weight is 316 g/mol. The van der Waals surface area contributed by atoms with Crippen molar-refractivity contribution in [2.24, 2.45) is 0 Å². The van der Waals surface area contributed by atoms with Gasteiger partial charge in [0.15, 0.2) is 5.78 Å². The normalized spacial score (nSPS) is 15.7. The molecular formula is C18H18ClNO2. The van der Waals surface area contributed by atoms with E-state index in [0.717, 1.165) is 38.4 Å². The largest absolute Gasteiger partial charge is 0.379 e. The minimum atomic E-state index is -0.0329. The fraction of sp³-hybridized carbons (Fsp3) is 0.278. The number of rotatable bonds is 4. The van der Waals surface area contributed by atoms with Gasteiger partial charge in [0.25, 0.3) is 0 Å². The van der Waals surface area contributed by atoms with Crippen molar-refractivity contribution in [2.75, 3.05) is 26.3 Å². The molecule has 0 unspecified atom stereocenters. The van der Waals surface area contributed by atoms with Crippen molar-refractivity contribution in [1.82, 2.24) is 4.90 Å². The molecule has 0 saturated carbocycles. The van der Waals surface area contributed by atoms with Crippen LogP contribution in [0.4, 0.5) is 0 Å². The van der Waals surface area contributed by atoms with E-state index in [9.17, 15) is 4.79 Å². The van der Waals surface area contributed by atoms with Gasteiger partial charge >= 0.3 is 0 Å². The van der Waals surface area contributed by atoms with Crippen molar-refractivity contribution in [3.63, 3.8) is 0 Å². The van der Waals surface area contributed by atoms with Crippen LogP contribution in [0, 0.1) is 0 Å². The first-order chi connectivity index (χ1) is 10.7. The maximum Gasteiger partial charge on any atom is 0.194 e. The summed E-state index contributed by atoms with van der Waals surface area (Å²) in [6, 6.07) is 14.9.